The number of ether oxygens (including phenoxy) is 1. The Kier molecular flexibility index (Phi) is 8.42. The van der Waals surface area contributed by atoms with Crippen molar-refractivity contribution in [3.63, 3.8) is 0 Å². The molecule has 6 nitrogen and oxygen atoms in total. The van der Waals surface area contributed by atoms with Crippen LogP contribution in [0.1, 0.15) is 42.5 Å². The summed E-state index contributed by atoms with van der Waals surface area (Å²) in [5.41, 5.74) is 6.10. The average Bonchev–Trinajstić information content (AvgIpc) is 2.66. The molecule has 0 aromatic heterocycles. The molecule has 0 radical (unpaired) electrons. The van der Waals surface area contributed by atoms with E-state index in [4.69, 9.17) is 10.5 Å². The molecule has 25 heavy (non-hydrogen) atoms. The van der Waals surface area contributed by atoms with Gasteiger partial charge in [0.1, 0.15) is 0 Å². The third-order valence-corrected chi connectivity index (χ3v) is 4.39. The summed E-state index contributed by atoms with van der Waals surface area (Å²) in [5, 5.41) is 2.85. The molecule has 1 saturated heterocycles. The second-order valence-electron chi connectivity index (χ2n) is 6.32. The highest BCUT2D eigenvalue weighted by Gasteiger charge is 2.22. The number of piperidine rings is 1. The first-order valence-corrected chi connectivity index (χ1v) is 9.13. The number of likely N-dealkylation sites (tertiary alicyclic amines) is 1. The van der Waals surface area contributed by atoms with Crippen LogP contribution in [0.15, 0.2) is 30.3 Å². The van der Waals surface area contributed by atoms with Crippen molar-refractivity contribution in [1.29, 1.82) is 0 Å². The summed E-state index contributed by atoms with van der Waals surface area (Å²) in [5.74, 6) is 0.0675. The molecule has 1 fully saturated rings. The number of hydrogen-bond donors (Lipinski definition) is 2. The fourth-order valence-corrected chi connectivity index (χ4v) is 2.90. The summed E-state index contributed by atoms with van der Waals surface area (Å²) >= 11 is 0. The quantitative estimate of drug-likeness (QED) is 0.664. The molecule has 1 aromatic carbocycles. The van der Waals surface area contributed by atoms with Gasteiger partial charge in [-0.2, -0.15) is 0 Å². The maximum absolute atomic E-state index is 12.2. The average molecular weight is 347 g/mol. The van der Waals surface area contributed by atoms with Crippen LogP contribution in [0.2, 0.25) is 0 Å². The molecule has 1 aromatic rings. The first kappa shape index (κ1) is 19.4. The fraction of sp³-hybridized carbons (Fsp3) is 0.579. The molecule has 0 atom stereocenters. The van der Waals surface area contributed by atoms with Crippen molar-refractivity contribution < 1.29 is 14.3 Å². The minimum absolute atomic E-state index is 0.0940. The number of carbonyl (C=O) groups is 2. The first-order chi connectivity index (χ1) is 12.2. The van der Waals surface area contributed by atoms with Gasteiger partial charge in [0.25, 0.3) is 5.91 Å². The molecule has 0 bridgehead atoms. The molecule has 3 N–H and O–H groups in total. The van der Waals surface area contributed by atoms with Gasteiger partial charge in [-0.3, -0.25) is 9.59 Å². The Balaban J connectivity index is 1.58. The fourth-order valence-electron chi connectivity index (χ4n) is 2.90. The Morgan fingerprint density at radius 3 is 2.56 bits per heavy atom. The highest BCUT2D eigenvalue weighted by molar-refractivity contribution is 5.94. The number of benzene rings is 1. The van der Waals surface area contributed by atoms with Crippen molar-refractivity contribution in [3.8, 4) is 0 Å². The molecule has 0 saturated carbocycles. The number of rotatable bonds is 9. The van der Waals surface area contributed by atoms with Crippen LogP contribution in [0.5, 0.6) is 0 Å². The number of nitrogens with one attached hydrogen (secondary N) is 1. The van der Waals surface area contributed by atoms with Crippen molar-refractivity contribution in [3.05, 3.63) is 35.9 Å². The molecule has 1 aliphatic rings. The van der Waals surface area contributed by atoms with Crippen LogP contribution >= 0.6 is 0 Å². The predicted molar refractivity (Wildman–Crippen MR) is 97.2 cm³/mol. The van der Waals surface area contributed by atoms with Crippen molar-refractivity contribution >= 4 is 11.8 Å². The number of carbonyl (C=O) groups excluding carboxylic acids is 2. The van der Waals surface area contributed by atoms with Gasteiger partial charge in [-0.15, -0.1) is 0 Å². The minimum atomic E-state index is -0.0940. The Morgan fingerprint density at radius 1 is 1.16 bits per heavy atom. The molecule has 6 heteroatoms. The van der Waals surface area contributed by atoms with E-state index in [1.165, 1.54) is 0 Å². The zero-order chi connectivity index (χ0) is 17.9. The third kappa shape index (κ3) is 6.84. The molecule has 0 spiro atoms. The number of amides is 2. The van der Waals surface area contributed by atoms with Crippen molar-refractivity contribution in [1.82, 2.24) is 10.2 Å². The van der Waals surface area contributed by atoms with Gasteiger partial charge in [0, 0.05) is 38.2 Å². The van der Waals surface area contributed by atoms with E-state index < -0.39 is 0 Å². The van der Waals surface area contributed by atoms with Crippen LogP contribution in [0, 0.1) is 0 Å². The largest absolute Gasteiger partial charge is 0.378 e. The zero-order valence-electron chi connectivity index (χ0n) is 14.8. The molecule has 138 valence electrons. The Morgan fingerprint density at radius 2 is 1.88 bits per heavy atom. The molecule has 1 aliphatic heterocycles. The molecular formula is C19H29N3O3. The van der Waals surface area contributed by atoms with Gasteiger partial charge in [-0.05, 0) is 44.4 Å². The molecule has 1 heterocycles. The van der Waals surface area contributed by atoms with E-state index in [0.717, 1.165) is 32.4 Å². The van der Waals surface area contributed by atoms with Gasteiger partial charge in [0.2, 0.25) is 5.91 Å². The van der Waals surface area contributed by atoms with Gasteiger partial charge in [-0.1, -0.05) is 18.2 Å². The Hall–Kier alpha value is -1.92. The normalized spacial score (nSPS) is 15.2. The number of hydrogen-bond acceptors (Lipinski definition) is 4. The van der Waals surface area contributed by atoms with Crippen molar-refractivity contribution in [2.45, 2.75) is 38.2 Å². The summed E-state index contributed by atoms with van der Waals surface area (Å²) in [7, 11) is 0. The third-order valence-electron chi connectivity index (χ3n) is 4.39. The molecular weight excluding hydrogens is 318 g/mol. The predicted octanol–water partition coefficient (Wildman–Crippen LogP) is 1.55. The van der Waals surface area contributed by atoms with E-state index in [2.05, 4.69) is 5.32 Å². The minimum Gasteiger partial charge on any atom is -0.378 e. The maximum Gasteiger partial charge on any atom is 0.251 e. The van der Waals surface area contributed by atoms with E-state index >= 15 is 0 Å². The van der Waals surface area contributed by atoms with E-state index in [1.54, 1.807) is 12.1 Å². The smallest absolute Gasteiger partial charge is 0.251 e. The van der Waals surface area contributed by atoms with Crippen LogP contribution in [-0.2, 0) is 9.53 Å². The lowest BCUT2D eigenvalue weighted by Crippen LogP contribution is -2.41. The monoisotopic (exact) mass is 347 g/mol. The van der Waals surface area contributed by atoms with Gasteiger partial charge in [-0.25, -0.2) is 0 Å². The Bertz CT molecular complexity index is 528. The van der Waals surface area contributed by atoms with Crippen LogP contribution in [0.3, 0.4) is 0 Å². The summed E-state index contributed by atoms with van der Waals surface area (Å²) in [4.78, 5) is 26.0. The standard InChI is InChI=1S/C19H29N3O3/c20-11-5-15-25-17-9-13-22(14-10-17)18(23)8-4-12-21-19(24)16-6-2-1-3-7-16/h1-3,6-7,17H,4-5,8-15,20H2,(H,21,24). The molecule has 2 rings (SSSR count). The van der Waals surface area contributed by atoms with Gasteiger partial charge in [0.15, 0.2) is 0 Å². The second-order valence-corrected chi connectivity index (χ2v) is 6.32. The summed E-state index contributed by atoms with van der Waals surface area (Å²) in [6.07, 6.45) is 4.04. The van der Waals surface area contributed by atoms with E-state index in [0.29, 0.717) is 38.1 Å². The van der Waals surface area contributed by atoms with Crippen molar-refractivity contribution in [2.75, 3.05) is 32.8 Å². The number of nitrogens with two attached hydrogens (primary N) is 1. The van der Waals surface area contributed by atoms with Gasteiger partial charge < -0.3 is 20.7 Å². The van der Waals surface area contributed by atoms with Gasteiger partial charge >= 0.3 is 0 Å². The molecule has 0 unspecified atom stereocenters. The van der Waals surface area contributed by atoms with E-state index in [9.17, 15) is 9.59 Å². The lowest BCUT2D eigenvalue weighted by molar-refractivity contribution is -0.133. The highest BCUT2D eigenvalue weighted by atomic mass is 16.5. The van der Waals surface area contributed by atoms with Crippen LogP contribution in [0.25, 0.3) is 0 Å². The SMILES string of the molecule is NCCCOC1CCN(C(=O)CCCNC(=O)c2ccccc2)CC1. The topological polar surface area (TPSA) is 84.7 Å². The van der Waals surface area contributed by atoms with Gasteiger partial charge in [0.05, 0.1) is 6.10 Å². The maximum atomic E-state index is 12.2. The first-order valence-electron chi connectivity index (χ1n) is 9.13. The number of nitrogens with zero attached hydrogens (tertiary/aromatic N) is 1. The second kappa shape index (κ2) is 10.8. The Labute approximate surface area is 149 Å². The van der Waals surface area contributed by atoms with E-state index in [1.807, 2.05) is 23.1 Å². The zero-order valence-corrected chi connectivity index (χ0v) is 14.8. The summed E-state index contributed by atoms with van der Waals surface area (Å²) < 4.78 is 5.75. The lowest BCUT2D eigenvalue weighted by Gasteiger charge is -2.32. The van der Waals surface area contributed by atoms with Crippen molar-refractivity contribution in [2.24, 2.45) is 5.73 Å². The van der Waals surface area contributed by atoms with Crippen LogP contribution in [0.4, 0.5) is 0 Å². The van der Waals surface area contributed by atoms with E-state index in [-0.39, 0.29) is 17.9 Å². The summed E-state index contributed by atoms with van der Waals surface area (Å²) in [6, 6.07) is 9.10. The highest BCUT2D eigenvalue weighted by Crippen LogP contribution is 2.15. The molecule has 0 aliphatic carbocycles. The van der Waals surface area contributed by atoms with Crippen LogP contribution < -0.4 is 11.1 Å². The molecule has 2 amide bonds. The lowest BCUT2D eigenvalue weighted by atomic mass is 10.1. The van der Waals surface area contributed by atoms with Crippen LogP contribution in [-0.4, -0.2) is 55.6 Å². The summed E-state index contributed by atoms with van der Waals surface area (Å²) in [6.45, 7) is 3.37.